The Hall–Kier alpha value is -3.91. The molecule has 178 valence electrons. The van der Waals surface area contributed by atoms with Gasteiger partial charge in [-0.05, 0) is 55.6 Å². The molecule has 0 bridgehead atoms. The van der Waals surface area contributed by atoms with Crippen molar-refractivity contribution >= 4 is 28.1 Å². The van der Waals surface area contributed by atoms with Gasteiger partial charge in [-0.25, -0.2) is 15.0 Å². The molecule has 3 aromatic heterocycles. The number of hydrogen-bond donors (Lipinski definition) is 3. The third kappa shape index (κ3) is 4.10. The first-order chi connectivity index (χ1) is 17.1. The van der Waals surface area contributed by atoms with Gasteiger partial charge in [-0.1, -0.05) is 12.1 Å². The number of pyridine rings is 2. The van der Waals surface area contributed by atoms with Crippen molar-refractivity contribution in [2.45, 2.75) is 12.8 Å². The molecule has 0 saturated carbocycles. The Balaban J connectivity index is 1.22. The predicted molar refractivity (Wildman–Crippen MR) is 139 cm³/mol. The van der Waals surface area contributed by atoms with Gasteiger partial charge in [-0.2, -0.15) is 0 Å². The van der Waals surface area contributed by atoms with Crippen LogP contribution in [0.15, 0.2) is 67.6 Å². The molecule has 35 heavy (non-hydrogen) atoms. The van der Waals surface area contributed by atoms with Crippen molar-refractivity contribution in [3.8, 4) is 11.3 Å². The second-order valence-corrected chi connectivity index (χ2v) is 9.70. The van der Waals surface area contributed by atoms with Gasteiger partial charge in [0.1, 0.15) is 17.9 Å². The van der Waals surface area contributed by atoms with Gasteiger partial charge in [-0.3, -0.25) is 0 Å². The molecule has 2 fully saturated rings. The number of nitrogens with zero attached hydrogens (tertiary/aromatic N) is 5. The third-order valence-electron chi connectivity index (χ3n) is 7.32. The molecule has 2 aliphatic heterocycles. The van der Waals surface area contributed by atoms with E-state index in [0.717, 1.165) is 65.9 Å². The standard InChI is InChI=1S/C27H29N7O/c1-33-18-29-14-24(33)20-2-3-21-13-31-25(11-22(21)10-20)32-23(15-35)19-4-7-30-26(12-19)34-16-27(17-34)5-8-28-9-6-27/h2-4,7,10-15,18,28,35H,5-6,8-9,16-17H2,1H3,(H,31,32)/b23-15+. The van der Waals surface area contributed by atoms with Gasteiger partial charge in [0.25, 0.3) is 0 Å². The highest BCUT2D eigenvalue weighted by molar-refractivity contribution is 5.89. The number of piperidine rings is 1. The number of anilines is 2. The zero-order valence-corrected chi connectivity index (χ0v) is 19.8. The van der Waals surface area contributed by atoms with Gasteiger partial charge in [0, 0.05) is 54.5 Å². The summed E-state index contributed by atoms with van der Waals surface area (Å²) >= 11 is 0. The zero-order chi connectivity index (χ0) is 23.8. The van der Waals surface area contributed by atoms with E-state index in [9.17, 15) is 5.11 Å². The lowest BCUT2D eigenvalue weighted by atomic mass is 9.72. The second-order valence-electron chi connectivity index (χ2n) is 9.70. The van der Waals surface area contributed by atoms with E-state index in [1.54, 1.807) is 12.5 Å². The lowest BCUT2D eigenvalue weighted by Crippen LogP contribution is -2.60. The van der Waals surface area contributed by atoms with Crippen LogP contribution in [0.25, 0.3) is 27.7 Å². The predicted octanol–water partition coefficient (Wildman–Crippen LogP) is 4.19. The molecule has 0 amide bonds. The lowest BCUT2D eigenvalue weighted by Gasteiger charge is -2.53. The second kappa shape index (κ2) is 8.70. The Morgan fingerprint density at radius 3 is 2.69 bits per heavy atom. The smallest absolute Gasteiger partial charge is 0.131 e. The first-order valence-electron chi connectivity index (χ1n) is 12.0. The largest absolute Gasteiger partial charge is 0.513 e. The van der Waals surface area contributed by atoms with Gasteiger partial charge in [-0.15, -0.1) is 0 Å². The number of aromatic nitrogens is 4. The maximum atomic E-state index is 10.1. The molecule has 0 atom stereocenters. The molecule has 0 unspecified atom stereocenters. The van der Waals surface area contributed by atoms with E-state index in [4.69, 9.17) is 0 Å². The summed E-state index contributed by atoms with van der Waals surface area (Å²) in [4.78, 5) is 15.7. The molecule has 2 aliphatic rings. The Morgan fingerprint density at radius 2 is 1.91 bits per heavy atom. The number of aliphatic hydroxyl groups is 1. The van der Waals surface area contributed by atoms with E-state index >= 15 is 0 Å². The fourth-order valence-corrected chi connectivity index (χ4v) is 5.28. The third-order valence-corrected chi connectivity index (χ3v) is 7.32. The van der Waals surface area contributed by atoms with Crippen LogP contribution in [0.5, 0.6) is 0 Å². The van der Waals surface area contributed by atoms with E-state index in [-0.39, 0.29) is 0 Å². The molecule has 4 aromatic rings. The first kappa shape index (κ1) is 21.6. The summed E-state index contributed by atoms with van der Waals surface area (Å²) < 4.78 is 2.00. The Kier molecular flexibility index (Phi) is 5.37. The van der Waals surface area contributed by atoms with Crippen LogP contribution in [0.1, 0.15) is 18.4 Å². The van der Waals surface area contributed by atoms with Crippen LogP contribution in [-0.4, -0.2) is 50.8 Å². The van der Waals surface area contributed by atoms with Crippen LogP contribution in [-0.2, 0) is 7.05 Å². The van der Waals surface area contributed by atoms with Crippen molar-refractivity contribution in [1.82, 2.24) is 24.8 Å². The maximum Gasteiger partial charge on any atom is 0.131 e. The van der Waals surface area contributed by atoms with Gasteiger partial charge in [0.15, 0.2) is 0 Å². The van der Waals surface area contributed by atoms with E-state index < -0.39 is 0 Å². The van der Waals surface area contributed by atoms with Crippen LogP contribution in [0.4, 0.5) is 11.6 Å². The van der Waals surface area contributed by atoms with E-state index in [2.05, 4.69) is 48.7 Å². The number of imidazole rings is 1. The molecular weight excluding hydrogens is 438 g/mol. The van der Waals surface area contributed by atoms with E-state index in [0.29, 0.717) is 16.9 Å². The normalized spacial score (nSPS) is 17.5. The average Bonchev–Trinajstić information content (AvgIpc) is 3.31. The summed E-state index contributed by atoms with van der Waals surface area (Å²) in [6.45, 7) is 4.29. The van der Waals surface area contributed by atoms with Gasteiger partial charge < -0.3 is 25.2 Å². The number of aliphatic hydroxyl groups excluding tert-OH is 1. The molecule has 5 heterocycles. The van der Waals surface area contributed by atoms with Crippen molar-refractivity contribution in [3.05, 3.63) is 73.1 Å². The summed E-state index contributed by atoms with van der Waals surface area (Å²) in [7, 11) is 1.99. The van der Waals surface area contributed by atoms with E-state index in [1.807, 2.05) is 42.2 Å². The Bertz CT molecular complexity index is 1400. The zero-order valence-electron chi connectivity index (χ0n) is 19.8. The minimum atomic E-state index is 0.431. The van der Waals surface area contributed by atoms with Crippen LogP contribution in [0.2, 0.25) is 0 Å². The van der Waals surface area contributed by atoms with Crippen LogP contribution in [0, 0.1) is 5.41 Å². The highest BCUT2D eigenvalue weighted by atomic mass is 16.2. The molecule has 2 saturated heterocycles. The number of hydrogen-bond acceptors (Lipinski definition) is 7. The molecule has 8 nitrogen and oxygen atoms in total. The molecule has 8 heteroatoms. The fourth-order valence-electron chi connectivity index (χ4n) is 5.28. The number of nitrogens with one attached hydrogen (secondary N) is 2. The highest BCUT2D eigenvalue weighted by Crippen LogP contribution is 2.40. The molecule has 0 radical (unpaired) electrons. The minimum absolute atomic E-state index is 0.431. The van der Waals surface area contributed by atoms with Crippen molar-refractivity contribution in [3.63, 3.8) is 0 Å². The molecule has 1 spiro atoms. The van der Waals surface area contributed by atoms with Gasteiger partial charge in [0.2, 0.25) is 0 Å². The number of benzene rings is 1. The summed E-state index contributed by atoms with van der Waals surface area (Å²) in [6.07, 6.45) is 10.9. The van der Waals surface area contributed by atoms with Crippen molar-refractivity contribution in [2.75, 3.05) is 36.4 Å². The quantitative estimate of drug-likeness (QED) is 0.379. The Morgan fingerprint density at radius 1 is 1.06 bits per heavy atom. The SMILES string of the molecule is Cn1cncc1-c1ccc2cnc(N/C(=C/O)c3ccnc(N4CC5(CCNCC5)C4)c3)cc2c1. The van der Waals surface area contributed by atoms with E-state index in [1.165, 1.54) is 12.8 Å². The van der Waals surface area contributed by atoms with Crippen molar-refractivity contribution in [1.29, 1.82) is 0 Å². The Labute approximate surface area is 204 Å². The molecule has 1 aromatic carbocycles. The number of fused-ring (bicyclic) bond motifs is 1. The summed E-state index contributed by atoms with van der Waals surface area (Å²) in [5, 5.41) is 18.9. The average molecular weight is 468 g/mol. The summed E-state index contributed by atoms with van der Waals surface area (Å²) in [6, 6.07) is 12.2. The summed E-state index contributed by atoms with van der Waals surface area (Å²) in [5.74, 6) is 1.61. The van der Waals surface area contributed by atoms with Crippen molar-refractivity contribution in [2.24, 2.45) is 12.5 Å². The molecular formula is C27H29N7O. The molecule has 3 N–H and O–H groups in total. The monoisotopic (exact) mass is 467 g/mol. The van der Waals surface area contributed by atoms with Crippen LogP contribution >= 0.6 is 0 Å². The lowest BCUT2D eigenvalue weighted by molar-refractivity contribution is 0.149. The maximum absolute atomic E-state index is 10.1. The molecule has 6 rings (SSSR count). The van der Waals surface area contributed by atoms with Crippen LogP contribution in [0.3, 0.4) is 0 Å². The van der Waals surface area contributed by atoms with Crippen molar-refractivity contribution < 1.29 is 5.11 Å². The number of aryl methyl sites for hydroxylation is 1. The summed E-state index contributed by atoms with van der Waals surface area (Å²) in [5.41, 5.74) is 4.03. The van der Waals surface area contributed by atoms with Gasteiger partial charge >= 0.3 is 0 Å². The minimum Gasteiger partial charge on any atom is -0.513 e. The highest BCUT2D eigenvalue weighted by Gasteiger charge is 2.43. The first-order valence-corrected chi connectivity index (χ1v) is 12.0. The topological polar surface area (TPSA) is 91.1 Å². The number of rotatable bonds is 5. The fraction of sp³-hybridized carbons (Fsp3) is 0.296. The van der Waals surface area contributed by atoms with Crippen LogP contribution < -0.4 is 15.5 Å². The molecule has 0 aliphatic carbocycles. The van der Waals surface area contributed by atoms with Gasteiger partial charge in [0.05, 0.1) is 23.9 Å².